The minimum Gasteiger partial charge on any atom is -0.324 e. The number of nitrogens with zero attached hydrogens (tertiary/aromatic N) is 1. The first kappa shape index (κ1) is 23.2. The Morgan fingerprint density at radius 2 is 1.79 bits per heavy atom. The van der Waals surface area contributed by atoms with Gasteiger partial charge < -0.3 is 5.32 Å². The van der Waals surface area contributed by atoms with Crippen LogP contribution in [0, 0.1) is 23.7 Å². The summed E-state index contributed by atoms with van der Waals surface area (Å²) in [6.07, 6.45) is 2.42. The van der Waals surface area contributed by atoms with Crippen molar-refractivity contribution >= 4 is 23.4 Å². The molecule has 1 saturated heterocycles. The van der Waals surface area contributed by atoms with Crippen LogP contribution < -0.4 is 5.32 Å². The van der Waals surface area contributed by atoms with Gasteiger partial charge in [-0.2, -0.15) is 0 Å². The van der Waals surface area contributed by atoms with E-state index >= 15 is 0 Å². The zero-order valence-electron chi connectivity index (χ0n) is 20.3. The molecule has 174 valence electrons. The van der Waals surface area contributed by atoms with E-state index in [4.69, 9.17) is 0 Å². The summed E-state index contributed by atoms with van der Waals surface area (Å²) in [4.78, 5) is 42.6. The Morgan fingerprint density at radius 3 is 2.45 bits per heavy atom. The SMILES string of the molecule is CCc1cccc(C)c1NC(=O)C(Cc1ccccc1)N1C(=O)C2CCC(C)(C1=O)C2(C)C. The summed E-state index contributed by atoms with van der Waals surface area (Å²) in [7, 11) is 0. The van der Waals surface area contributed by atoms with Gasteiger partial charge in [0.15, 0.2) is 0 Å². The number of carbonyl (C=O) groups excluding carboxylic acids is 3. The number of rotatable bonds is 6. The molecule has 0 radical (unpaired) electrons. The number of aryl methyl sites for hydroxylation is 2. The number of hydrogen-bond acceptors (Lipinski definition) is 3. The molecule has 0 aromatic heterocycles. The third kappa shape index (κ3) is 3.68. The number of benzene rings is 2. The van der Waals surface area contributed by atoms with Crippen LogP contribution in [0.3, 0.4) is 0 Å². The quantitative estimate of drug-likeness (QED) is 0.641. The topological polar surface area (TPSA) is 66.5 Å². The molecule has 1 heterocycles. The van der Waals surface area contributed by atoms with Gasteiger partial charge in [-0.25, -0.2) is 0 Å². The van der Waals surface area contributed by atoms with Crippen molar-refractivity contribution in [3.63, 3.8) is 0 Å². The Labute approximate surface area is 196 Å². The summed E-state index contributed by atoms with van der Waals surface area (Å²) in [6, 6.07) is 14.6. The molecule has 33 heavy (non-hydrogen) atoms. The third-order valence-electron chi connectivity index (χ3n) is 8.33. The number of fused-ring (bicyclic) bond motifs is 2. The molecule has 5 heteroatoms. The van der Waals surface area contributed by atoms with Crippen molar-refractivity contribution in [2.75, 3.05) is 5.32 Å². The molecular weight excluding hydrogens is 412 g/mol. The van der Waals surface area contributed by atoms with Gasteiger partial charge in [0.05, 0.1) is 5.41 Å². The smallest absolute Gasteiger partial charge is 0.248 e. The van der Waals surface area contributed by atoms with Crippen molar-refractivity contribution in [1.29, 1.82) is 0 Å². The molecule has 2 aromatic carbocycles. The molecule has 5 nitrogen and oxygen atoms in total. The van der Waals surface area contributed by atoms with Gasteiger partial charge in [0.25, 0.3) is 0 Å². The summed E-state index contributed by atoms with van der Waals surface area (Å²) < 4.78 is 0. The first-order valence-electron chi connectivity index (χ1n) is 11.9. The van der Waals surface area contributed by atoms with Gasteiger partial charge in [-0.1, -0.05) is 76.2 Å². The van der Waals surface area contributed by atoms with E-state index in [0.717, 1.165) is 28.8 Å². The largest absolute Gasteiger partial charge is 0.324 e. The molecule has 3 amide bonds. The highest BCUT2D eigenvalue weighted by Crippen LogP contribution is 2.60. The number of hydrogen-bond donors (Lipinski definition) is 1. The predicted octanol–water partition coefficient (Wildman–Crippen LogP) is 4.92. The minimum absolute atomic E-state index is 0.212. The second kappa shape index (κ2) is 8.44. The molecule has 3 atom stereocenters. The molecular formula is C28H34N2O3. The van der Waals surface area contributed by atoms with Gasteiger partial charge in [-0.15, -0.1) is 0 Å². The Morgan fingerprint density at radius 1 is 1.09 bits per heavy atom. The van der Waals surface area contributed by atoms with Crippen LogP contribution in [0.2, 0.25) is 0 Å². The van der Waals surface area contributed by atoms with Gasteiger partial charge in [0.1, 0.15) is 6.04 Å². The molecule has 1 aliphatic heterocycles. The predicted molar refractivity (Wildman–Crippen MR) is 130 cm³/mol. The third-order valence-corrected chi connectivity index (χ3v) is 8.33. The van der Waals surface area contributed by atoms with E-state index in [1.54, 1.807) is 0 Å². The van der Waals surface area contributed by atoms with E-state index < -0.39 is 16.9 Å². The van der Waals surface area contributed by atoms with Crippen molar-refractivity contribution in [3.05, 3.63) is 65.2 Å². The van der Waals surface area contributed by atoms with Crippen molar-refractivity contribution in [2.45, 2.75) is 66.3 Å². The Kier molecular flexibility index (Phi) is 5.94. The highest BCUT2D eigenvalue weighted by Gasteiger charge is 2.65. The van der Waals surface area contributed by atoms with E-state index in [-0.39, 0.29) is 23.6 Å². The van der Waals surface area contributed by atoms with Gasteiger partial charge in [-0.3, -0.25) is 19.3 Å². The van der Waals surface area contributed by atoms with Gasteiger partial charge in [0.2, 0.25) is 17.7 Å². The monoisotopic (exact) mass is 446 g/mol. The first-order chi connectivity index (χ1) is 15.6. The zero-order chi connectivity index (χ0) is 24.0. The standard InChI is InChI=1S/C28H34N2O3/c1-6-20-14-10-11-18(2)23(20)29-24(31)22(17-19-12-8-7-9-13-19)30-25(32)21-15-16-28(5,26(30)33)27(21,3)4/h7-14,21-22H,6,15-17H2,1-5H3,(H,29,31). The van der Waals surface area contributed by atoms with Gasteiger partial charge in [-0.05, 0) is 48.3 Å². The Balaban J connectivity index is 1.74. The number of likely N-dealkylation sites (tertiary alicyclic amines) is 1. The molecule has 2 fully saturated rings. The first-order valence-corrected chi connectivity index (χ1v) is 11.9. The molecule has 1 aliphatic carbocycles. The average molecular weight is 447 g/mol. The van der Waals surface area contributed by atoms with Crippen LogP contribution in [-0.2, 0) is 27.2 Å². The lowest BCUT2D eigenvalue weighted by Gasteiger charge is -2.49. The minimum atomic E-state index is -0.896. The number of nitrogens with one attached hydrogen (secondary N) is 1. The van der Waals surface area contributed by atoms with E-state index in [9.17, 15) is 14.4 Å². The maximum Gasteiger partial charge on any atom is 0.248 e. The molecule has 4 rings (SSSR count). The van der Waals surface area contributed by atoms with Crippen molar-refractivity contribution in [1.82, 2.24) is 4.90 Å². The lowest BCUT2D eigenvalue weighted by Crippen LogP contribution is -2.64. The van der Waals surface area contributed by atoms with Crippen LogP contribution in [0.1, 0.15) is 57.2 Å². The summed E-state index contributed by atoms with van der Waals surface area (Å²) in [6.45, 7) is 10.0. The fourth-order valence-electron chi connectivity index (χ4n) is 5.69. The lowest BCUT2D eigenvalue weighted by atomic mass is 9.62. The van der Waals surface area contributed by atoms with Crippen LogP contribution in [0.5, 0.6) is 0 Å². The summed E-state index contributed by atoms with van der Waals surface area (Å²) in [5.74, 6) is -0.998. The van der Waals surface area contributed by atoms with Crippen LogP contribution in [0.4, 0.5) is 5.69 Å². The number of piperidine rings is 1. The number of para-hydroxylation sites is 1. The summed E-state index contributed by atoms with van der Waals surface area (Å²) in [5, 5.41) is 3.09. The van der Waals surface area contributed by atoms with Crippen LogP contribution >= 0.6 is 0 Å². The molecule has 0 spiro atoms. The second-order valence-corrected chi connectivity index (χ2v) is 10.3. The fraction of sp³-hybridized carbons (Fsp3) is 0.464. The molecule has 3 unspecified atom stereocenters. The van der Waals surface area contributed by atoms with E-state index in [0.29, 0.717) is 19.3 Å². The van der Waals surface area contributed by atoms with E-state index in [1.165, 1.54) is 4.90 Å². The maximum atomic E-state index is 13.8. The maximum absolute atomic E-state index is 13.8. The highest BCUT2D eigenvalue weighted by atomic mass is 16.2. The summed E-state index contributed by atoms with van der Waals surface area (Å²) >= 11 is 0. The normalized spacial score (nSPS) is 24.6. The molecule has 2 aliphatic rings. The zero-order valence-corrected chi connectivity index (χ0v) is 20.3. The van der Waals surface area contributed by atoms with Crippen LogP contribution in [-0.4, -0.2) is 28.7 Å². The number of imide groups is 1. The van der Waals surface area contributed by atoms with Crippen molar-refractivity contribution in [2.24, 2.45) is 16.7 Å². The highest BCUT2D eigenvalue weighted by molar-refractivity contribution is 6.09. The fourth-order valence-corrected chi connectivity index (χ4v) is 5.69. The molecule has 1 N–H and O–H groups in total. The van der Waals surface area contributed by atoms with Gasteiger partial charge in [0, 0.05) is 18.0 Å². The van der Waals surface area contributed by atoms with Crippen LogP contribution in [0.25, 0.3) is 0 Å². The lowest BCUT2D eigenvalue weighted by molar-refractivity contribution is -0.172. The summed E-state index contributed by atoms with van der Waals surface area (Å²) in [5.41, 5.74) is 2.61. The number of amides is 3. The molecule has 2 aromatic rings. The number of anilines is 1. The van der Waals surface area contributed by atoms with E-state index in [2.05, 4.69) is 5.32 Å². The average Bonchev–Trinajstić information content (AvgIpc) is 2.98. The van der Waals surface area contributed by atoms with Crippen molar-refractivity contribution < 1.29 is 14.4 Å². The van der Waals surface area contributed by atoms with Crippen LogP contribution in [0.15, 0.2) is 48.5 Å². The Hall–Kier alpha value is -2.95. The van der Waals surface area contributed by atoms with E-state index in [1.807, 2.05) is 83.1 Å². The number of carbonyl (C=O) groups is 3. The van der Waals surface area contributed by atoms with Gasteiger partial charge >= 0.3 is 0 Å². The second-order valence-electron chi connectivity index (χ2n) is 10.3. The Bertz CT molecular complexity index is 1090. The molecule has 2 bridgehead atoms. The van der Waals surface area contributed by atoms with Crippen molar-refractivity contribution in [3.8, 4) is 0 Å². The molecule has 1 saturated carbocycles.